The van der Waals surface area contributed by atoms with Crippen LogP contribution in [0, 0.1) is 3.70 Å². The molecule has 3 rings (SSSR count). The number of esters is 4. The van der Waals surface area contributed by atoms with E-state index >= 15 is 0 Å². The Morgan fingerprint density at radius 1 is 0.951 bits per heavy atom. The molecule has 5 atom stereocenters. The Labute approximate surface area is 252 Å². The van der Waals surface area contributed by atoms with Crippen LogP contribution in [0.25, 0.3) is 5.69 Å². The third kappa shape index (κ3) is 8.84. The van der Waals surface area contributed by atoms with Gasteiger partial charge in [-0.2, -0.15) is 0 Å². The van der Waals surface area contributed by atoms with Gasteiger partial charge in [0.15, 0.2) is 18.3 Å². The van der Waals surface area contributed by atoms with Crippen molar-refractivity contribution < 1.29 is 51.3 Å². The van der Waals surface area contributed by atoms with Crippen LogP contribution in [0.4, 0.5) is 0 Å². The van der Waals surface area contributed by atoms with Gasteiger partial charge in [0.25, 0.3) is 0 Å². The second kappa shape index (κ2) is 13.9. The molecule has 1 saturated heterocycles. The summed E-state index contributed by atoms with van der Waals surface area (Å²) in [5, 5.41) is 13.5. The first kappa shape index (κ1) is 32.7. The van der Waals surface area contributed by atoms with E-state index in [0.29, 0.717) is 15.1 Å². The van der Waals surface area contributed by atoms with Gasteiger partial charge in [0, 0.05) is 33.4 Å². The van der Waals surface area contributed by atoms with Crippen molar-refractivity contribution in [1.82, 2.24) is 15.0 Å². The van der Waals surface area contributed by atoms with Crippen LogP contribution < -0.4 is 5.14 Å². The lowest BCUT2D eigenvalue weighted by atomic mass is 9.99. The molecule has 1 fully saturated rings. The van der Waals surface area contributed by atoms with Crippen LogP contribution in [0.1, 0.15) is 33.4 Å². The molecule has 0 radical (unpaired) electrons. The smallest absolute Gasteiger partial charge is 0.303 e. The SMILES string of the molecule is CC(=O)OC[C@@H]1OC(SCc2nnn(-c3ccc(S(N)(=O)=O)cc3)c2I)[C@@H](OC(C)=O)[C@H](OC(C)=O)[C@@H]1OC(C)=O. The molecule has 2 heterocycles. The van der Waals surface area contributed by atoms with Gasteiger partial charge >= 0.3 is 23.9 Å². The number of nitrogens with two attached hydrogens (primary N) is 1. The second-order valence-electron chi connectivity index (χ2n) is 8.66. The molecule has 1 aliphatic rings. The number of hydrogen-bond acceptors (Lipinski definition) is 14. The van der Waals surface area contributed by atoms with Crippen molar-refractivity contribution in [2.45, 2.75) is 68.2 Å². The third-order valence-corrected chi connectivity index (χ3v) is 8.58. The fourth-order valence-electron chi connectivity index (χ4n) is 3.82. The molecular weight excluding hydrogens is 699 g/mol. The molecule has 0 aliphatic carbocycles. The summed E-state index contributed by atoms with van der Waals surface area (Å²) in [6.45, 7) is 4.30. The number of primary sulfonamides is 1. The lowest BCUT2D eigenvalue weighted by Gasteiger charge is -2.44. The van der Waals surface area contributed by atoms with Gasteiger partial charge < -0.3 is 23.7 Å². The summed E-state index contributed by atoms with van der Waals surface area (Å²) >= 11 is 3.15. The second-order valence-corrected chi connectivity index (χ2v) is 12.3. The predicted octanol–water partition coefficient (Wildman–Crippen LogP) is 0.836. The Morgan fingerprint density at radius 3 is 2.05 bits per heavy atom. The van der Waals surface area contributed by atoms with Gasteiger partial charge in [0.05, 0.1) is 10.6 Å². The quantitative estimate of drug-likeness (QED) is 0.205. The highest BCUT2D eigenvalue weighted by molar-refractivity contribution is 14.1. The molecule has 1 unspecified atom stereocenters. The largest absolute Gasteiger partial charge is 0.463 e. The van der Waals surface area contributed by atoms with Crippen LogP contribution in [0.5, 0.6) is 0 Å². The molecule has 15 nitrogen and oxygen atoms in total. The maximum Gasteiger partial charge on any atom is 0.303 e. The predicted molar refractivity (Wildman–Crippen MR) is 149 cm³/mol. The van der Waals surface area contributed by atoms with Crippen molar-refractivity contribution in [2.24, 2.45) is 5.14 Å². The van der Waals surface area contributed by atoms with Gasteiger partial charge in [-0.1, -0.05) is 5.21 Å². The number of nitrogens with zero attached hydrogens (tertiary/aromatic N) is 3. The zero-order chi connectivity index (χ0) is 30.5. The Morgan fingerprint density at radius 2 is 1.51 bits per heavy atom. The molecule has 2 aromatic rings. The molecule has 41 heavy (non-hydrogen) atoms. The van der Waals surface area contributed by atoms with Crippen LogP contribution in [0.15, 0.2) is 29.2 Å². The van der Waals surface area contributed by atoms with Crippen molar-refractivity contribution in [1.29, 1.82) is 0 Å². The molecule has 224 valence electrons. The third-order valence-electron chi connectivity index (χ3n) is 5.42. The van der Waals surface area contributed by atoms with Crippen molar-refractivity contribution in [3.8, 4) is 5.69 Å². The number of benzene rings is 1. The van der Waals surface area contributed by atoms with Crippen molar-refractivity contribution in [3.63, 3.8) is 0 Å². The zero-order valence-electron chi connectivity index (χ0n) is 22.2. The van der Waals surface area contributed by atoms with E-state index in [4.69, 9.17) is 28.8 Å². The number of carbonyl (C=O) groups excluding carboxylic acids is 4. The highest BCUT2D eigenvalue weighted by atomic mass is 127. The Kier molecular flexibility index (Phi) is 11.1. The summed E-state index contributed by atoms with van der Waals surface area (Å²) in [4.78, 5) is 47.3. The van der Waals surface area contributed by atoms with Gasteiger partial charge in [-0.3, -0.25) is 19.2 Å². The van der Waals surface area contributed by atoms with E-state index in [1.54, 1.807) is 0 Å². The van der Waals surface area contributed by atoms with Gasteiger partial charge in [-0.05, 0) is 46.9 Å². The van der Waals surface area contributed by atoms with E-state index in [1.165, 1.54) is 35.9 Å². The number of sulfonamides is 1. The summed E-state index contributed by atoms with van der Waals surface area (Å²) in [6, 6.07) is 5.72. The number of halogens is 1. The Hall–Kier alpha value is -2.81. The number of hydrogen-bond donors (Lipinski definition) is 1. The van der Waals surface area contributed by atoms with Crippen molar-refractivity contribution >= 4 is 68.3 Å². The molecule has 2 N–H and O–H groups in total. The number of ether oxygens (including phenoxy) is 5. The molecule has 18 heteroatoms. The van der Waals surface area contributed by atoms with Gasteiger partial charge in [0.1, 0.15) is 27.5 Å². The van der Waals surface area contributed by atoms with E-state index in [9.17, 15) is 27.6 Å². The maximum atomic E-state index is 12.0. The summed E-state index contributed by atoms with van der Waals surface area (Å²) in [6.07, 6.45) is -4.81. The van der Waals surface area contributed by atoms with E-state index in [-0.39, 0.29) is 17.3 Å². The number of thioether (sulfide) groups is 1. The molecule has 0 saturated carbocycles. The van der Waals surface area contributed by atoms with Crippen LogP contribution in [-0.2, 0) is 58.6 Å². The standard InChI is InChI=1S/C23H27IN4O11S2/c1-11(29)35-9-18-19(36-12(2)30)20(37-13(3)31)21(38-14(4)32)23(39-18)40-10-17-22(24)28(27-26-17)15-5-7-16(8-6-15)41(25,33)34/h5-8,18-21,23H,9-10H2,1-4H3,(H2,25,33,34)/t18-,19+,20+,21-,23?/m0/s1. The van der Waals surface area contributed by atoms with Gasteiger partial charge in [0.2, 0.25) is 10.0 Å². The van der Waals surface area contributed by atoms with Gasteiger partial charge in [-0.25, -0.2) is 18.2 Å². The average Bonchev–Trinajstić information content (AvgIpc) is 3.23. The monoisotopic (exact) mass is 726 g/mol. The molecule has 1 aromatic carbocycles. The van der Waals surface area contributed by atoms with Crippen LogP contribution in [-0.4, -0.2) is 83.7 Å². The minimum absolute atomic E-state index is 0.0594. The fourth-order valence-corrected chi connectivity index (χ4v) is 6.40. The molecular formula is C23H27IN4O11S2. The summed E-state index contributed by atoms with van der Waals surface area (Å²) in [5.74, 6) is -2.60. The fraction of sp³-hybridized carbons (Fsp3) is 0.478. The topological polar surface area (TPSA) is 205 Å². The highest BCUT2D eigenvalue weighted by Crippen LogP contribution is 2.36. The van der Waals surface area contributed by atoms with Crippen molar-refractivity contribution in [3.05, 3.63) is 33.7 Å². The first-order valence-electron chi connectivity index (χ1n) is 11.8. The first-order chi connectivity index (χ1) is 19.2. The van der Waals surface area contributed by atoms with E-state index < -0.39 is 63.8 Å². The summed E-state index contributed by atoms with van der Waals surface area (Å²) in [7, 11) is -3.87. The highest BCUT2D eigenvalue weighted by Gasteiger charge is 2.52. The molecule has 0 spiro atoms. The van der Waals surface area contributed by atoms with Crippen LogP contribution >= 0.6 is 34.4 Å². The number of aromatic nitrogens is 3. The lowest BCUT2D eigenvalue weighted by molar-refractivity contribution is -0.237. The molecule has 0 bridgehead atoms. The summed E-state index contributed by atoms with van der Waals surface area (Å²) in [5.41, 5.74) is 0.0439. The van der Waals surface area contributed by atoms with Crippen LogP contribution in [0.2, 0.25) is 0 Å². The molecule has 1 aliphatic heterocycles. The van der Waals surface area contributed by atoms with E-state index in [1.807, 2.05) is 22.6 Å². The normalized spacial score (nSPS) is 22.4. The van der Waals surface area contributed by atoms with E-state index in [0.717, 1.165) is 32.5 Å². The lowest BCUT2D eigenvalue weighted by Crippen LogP contribution is -2.61. The van der Waals surface area contributed by atoms with Gasteiger partial charge in [-0.15, -0.1) is 16.9 Å². The zero-order valence-corrected chi connectivity index (χ0v) is 26.0. The summed E-state index contributed by atoms with van der Waals surface area (Å²) < 4.78 is 52.6. The minimum atomic E-state index is -3.87. The Bertz CT molecular complexity index is 1400. The first-order valence-corrected chi connectivity index (χ1v) is 15.5. The molecule has 1 aromatic heterocycles. The maximum absolute atomic E-state index is 12.0. The molecule has 0 amide bonds. The average molecular weight is 727 g/mol. The number of rotatable bonds is 10. The number of carbonyl (C=O) groups is 4. The van der Waals surface area contributed by atoms with Crippen LogP contribution in [0.3, 0.4) is 0 Å². The van der Waals surface area contributed by atoms with E-state index in [2.05, 4.69) is 10.3 Å². The minimum Gasteiger partial charge on any atom is -0.463 e. The van der Waals surface area contributed by atoms with Crippen molar-refractivity contribution in [2.75, 3.05) is 6.61 Å². The Balaban J connectivity index is 1.89.